The van der Waals surface area contributed by atoms with Gasteiger partial charge in [-0.3, -0.25) is 0 Å². The summed E-state index contributed by atoms with van der Waals surface area (Å²) < 4.78 is 5.66. The fourth-order valence-electron chi connectivity index (χ4n) is 3.31. The van der Waals surface area contributed by atoms with Crippen molar-refractivity contribution in [3.63, 3.8) is 0 Å². The van der Waals surface area contributed by atoms with E-state index < -0.39 is 0 Å². The van der Waals surface area contributed by atoms with Gasteiger partial charge >= 0.3 is 0 Å². The second-order valence-electron chi connectivity index (χ2n) is 6.12. The Balaban J connectivity index is 1.77. The normalized spacial score (nSPS) is 38.1. The molecule has 2 heteroatoms. The van der Waals surface area contributed by atoms with Gasteiger partial charge in [-0.2, -0.15) is 0 Å². The summed E-state index contributed by atoms with van der Waals surface area (Å²) in [5.41, 5.74) is 0.183. The van der Waals surface area contributed by atoms with Crippen LogP contribution in [0.4, 0.5) is 0 Å². The van der Waals surface area contributed by atoms with Crippen molar-refractivity contribution in [1.82, 2.24) is 5.32 Å². The van der Waals surface area contributed by atoms with Crippen molar-refractivity contribution in [2.24, 2.45) is 11.8 Å². The number of ether oxygens (including phenoxy) is 1. The van der Waals surface area contributed by atoms with Crippen molar-refractivity contribution in [3.8, 4) is 0 Å². The Hall–Kier alpha value is -0.0800. The number of nitrogens with one attached hydrogen (secondary N) is 1. The topological polar surface area (TPSA) is 21.3 Å². The average molecular weight is 225 g/mol. The lowest BCUT2D eigenvalue weighted by Gasteiger charge is -2.43. The highest BCUT2D eigenvalue weighted by Gasteiger charge is 2.37. The van der Waals surface area contributed by atoms with Crippen molar-refractivity contribution in [1.29, 1.82) is 0 Å². The quantitative estimate of drug-likeness (QED) is 0.794. The highest BCUT2D eigenvalue weighted by atomic mass is 16.5. The SMILES string of the molecule is COC1(CNC2CCC(C)CC2C)CCC1. The van der Waals surface area contributed by atoms with Crippen LogP contribution in [0.25, 0.3) is 0 Å². The summed E-state index contributed by atoms with van der Waals surface area (Å²) in [6.45, 7) is 5.84. The van der Waals surface area contributed by atoms with Crippen LogP contribution in [0.1, 0.15) is 52.4 Å². The summed E-state index contributed by atoms with van der Waals surface area (Å²) in [5, 5.41) is 3.76. The summed E-state index contributed by atoms with van der Waals surface area (Å²) in [4.78, 5) is 0. The molecule has 0 heterocycles. The molecule has 94 valence electrons. The Bertz CT molecular complexity index is 219. The molecule has 2 nitrogen and oxygen atoms in total. The summed E-state index contributed by atoms with van der Waals surface area (Å²) in [7, 11) is 1.87. The smallest absolute Gasteiger partial charge is 0.0802 e. The summed E-state index contributed by atoms with van der Waals surface area (Å²) in [6, 6.07) is 0.726. The summed E-state index contributed by atoms with van der Waals surface area (Å²) >= 11 is 0. The van der Waals surface area contributed by atoms with Crippen molar-refractivity contribution < 1.29 is 4.74 Å². The monoisotopic (exact) mass is 225 g/mol. The lowest BCUT2D eigenvalue weighted by molar-refractivity contribution is -0.0724. The van der Waals surface area contributed by atoms with Crippen LogP contribution in [0.15, 0.2) is 0 Å². The molecule has 2 fully saturated rings. The zero-order valence-corrected chi connectivity index (χ0v) is 11.1. The van der Waals surface area contributed by atoms with Crippen molar-refractivity contribution in [3.05, 3.63) is 0 Å². The van der Waals surface area contributed by atoms with E-state index in [1.165, 1.54) is 38.5 Å². The number of hydrogen-bond donors (Lipinski definition) is 1. The van der Waals surface area contributed by atoms with Gasteiger partial charge in [-0.05, 0) is 50.4 Å². The van der Waals surface area contributed by atoms with Gasteiger partial charge in [-0.15, -0.1) is 0 Å². The van der Waals surface area contributed by atoms with Crippen LogP contribution < -0.4 is 5.32 Å². The standard InChI is InChI=1S/C14H27NO/c1-11-5-6-13(12(2)9-11)15-10-14(16-3)7-4-8-14/h11-13,15H,4-10H2,1-3H3. The van der Waals surface area contributed by atoms with E-state index >= 15 is 0 Å². The minimum Gasteiger partial charge on any atom is -0.377 e. The van der Waals surface area contributed by atoms with Crippen LogP contribution in [0.3, 0.4) is 0 Å². The van der Waals surface area contributed by atoms with E-state index in [2.05, 4.69) is 19.2 Å². The average Bonchev–Trinajstić information content (AvgIpc) is 2.19. The summed E-state index contributed by atoms with van der Waals surface area (Å²) in [6.07, 6.45) is 7.95. The van der Waals surface area contributed by atoms with Gasteiger partial charge in [0, 0.05) is 19.7 Å². The third kappa shape index (κ3) is 2.60. The first-order chi connectivity index (χ1) is 7.65. The van der Waals surface area contributed by atoms with E-state index in [1.54, 1.807) is 0 Å². The first-order valence-electron chi connectivity index (χ1n) is 6.94. The van der Waals surface area contributed by atoms with Gasteiger partial charge in [0.2, 0.25) is 0 Å². The van der Waals surface area contributed by atoms with Crippen molar-refractivity contribution in [2.45, 2.75) is 64.0 Å². The van der Waals surface area contributed by atoms with Gasteiger partial charge in [-0.25, -0.2) is 0 Å². The van der Waals surface area contributed by atoms with E-state index in [0.717, 1.165) is 24.4 Å². The molecule has 3 atom stereocenters. The van der Waals surface area contributed by atoms with Crippen LogP contribution in [0.2, 0.25) is 0 Å². The van der Waals surface area contributed by atoms with Gasteiger partial charge < -0.3 is 10.1 Å². The van der Waals surface area contributed by atoms with Gasteiger partial charge in [0.15, 0.2) is 0 Å². The second kappa shape index (κ2) is 5.05. The Morgan fingerprint density at radius 1 is 1.25 bits per heavy atom. The molecule has 0 spiro atoms. The fourth-order valence-corrected chi connectivity index (χ4v) is 3.31. The number of methoxy groups -OCH3 is 1. The zero-order valence-electron chi connectivity index (χ0n) is 11.1. The molecule has 16 heavy (non-hydrogen) atoms. The predicted octanol–water partition coefficient (Wildman–Crippen LogP) is 2.97. The lowest BCUT2D eigenvalue weighted by atomic mass is 9.77. The van der Waals surface area contributed by atoms with Gasteiger partial charge in [0.1, 0.15) is 0 Å². The Morgan fingerprint density at radius 2 is 2.00 bits per heavy atom. The van der Waals surface area contributed by atoms with Crippen LogP contribution in [-0.4, -0.2) is 25.3 Å². The third-order valence-corrected chi connectivity index (χ3v) is 4.82. The van der Waals surface area contributed by atoms with E-state index in [0.29, 0.717) is 0 Å². The Labute approximate surface area is 100 Å². The minimum absolute atomic E-state index is 0.183. The highest BCUT2D eigenvalue weighted by molar-refractivity contribution is 4.93. The molecular weight excluding hydrogens is 198 g/mol. The molecule has 0 aliphatic heterocycles. The first-order valence-corrected chi connectivity index (χ1v) is 6.94. The Kier molecular flexibility index (Phi) is 3.91. The first kappa shape index (κ1) is 12.4. The van der Waals surface area contributed by atoms with E-state index in [1.807, 2.05) is 7.11 Å². The van der Waals surface area contributed by atoms with Crippen LogP contribution in [0, 0.1) is 11.8 Å². The molecule has 0 radical (unpaired) electrons. The predicted molar refractivity (Wildman–Crippen MR) is 67.6 cm³/mol. The minimum atomic E-state index is 0.183. The fraction of sp³-hybridized carbons (Fsp3) is 1.00. The number of rotatable bonds is 4. The maximum Gasteiger partial charge on any atom is 0.0802 e. The lowest BCUT2D eigenvalue weighted by Crippen LogP contribution is -2.52. The molecular formula is C14H27NO. The third-order valence-electron chi connectivity index (χ3n) is 4.82. The Morgan fingerprint density at radius 3 is 2.50 bits per heavy atom. The van der Waals surface area contributed by atoms with Gasteiger partial charge in [-0.1, -0.05) is 13.8 Å². The van der Waals surface area contributed by atoms with Gasteiger partial charge in [0.05, 0.1) is 5.60 Å². The molecule has 0 aromatic rings. The molecule has 0 amide bonds. The maximum absolute atomic E-state index is 5.66. The maximum atomic E-state index is 5.66. The highest BCUT2D eigenvalue weighted by Crippen LogP contribution is 2.35. The number of hydrogen-bond acceptors (Lipinski definition) is 2. The second-order valence-corrected chi connectivity index (χ2v) is 6.12. The van der Waals surface area contributed by atoms with E-state index in [9.17, 15) is 0 Å². The zero-order chi connectivity index (χ0) is 11.6. The molecule has 1 N–H and O–H groups in total. The molecule has 0 bridgehead atoms. The molecule has 3 unspecified atom stereocenters. The molecule has 0 aromatic carbocycles. The van der Waals surface area contributed by atoms with E-state index in [4.69, 9.17) is 4.74 Å². The molecule has 2 aliphatic rings. The van der Waals surface area contributed by atoms with Crippen LogP contribution >= 0.6 is 0 Å². The van der Waals surface area contributed by atoms with E-state index in [-0.39, 0.29) is 5.60 Å². The summed E-state index contributed by atoms with van der Waals surface area (Å²) in [5.74, 6) is 1.76. The molecule has 2 aliphatic carbocycles. The molecule has 2 rings (SSSR count). The molecule has 2 saturated carbocycles. The van der Waals surface area contributed by atoms with Crippen molar-refractivity contribution in [2.75, 3.05) is 13.7 Å². The van der Waals surface area contributed by atoms with Crippen LogP contribution in [-0.2, 0) is 4.74 Å². The molecule has 0 aromatic heterocycles. The molecule has 0 saturated heterocycles. The van der Waals surface area contributed by atoms with Crippen molar-refractivity contribution >= 4 is 0 Å². The largest absolute Gasteiger partial charge is 0.377 e. The van der Waals surface area contributed by atoms with Crippen LogP contribution in [0.5, 0.6) is 0 Å². The van der Waals surface area contributed by atoms with Gasteiger partial charge in [0.25, 0.3) is 0 Å².